The summed E-state index contributed by atoms with van der Waals surface area (Å²) in [5.41, 5.74) is 0.733. The predicted molar refractivity (Wildman–Crippen MR) is 91.3 cm³/mol. The number of likely N-dealkylation sites (tertiary alicyclic amines) is 1. The molecule has 1 atom stereocenters. The maximum atomic E-state index is 13.6. The van der Waals surface area contributed by atoms with Gasteiger partial charge in [0.05, 0.1) is 16.0 Å². The maximum absolute atomic E-state index is 13.6. The Morgan fingerprint density at radius 2 is 2.17 bits per heavy atom. The average molecular weight is 399 g/mol. The summed E-state index contributed by atoms with van der Waals surface area (Å²) < 4.78 is 21.2. The van der Waals surface area contributed by atoms with Gasteiger partial charge in [-0.05, 0) is 55.6 Å². The summed E-state index contributed by atoms with van der Waals surface area (Å²) in [5, 5.41) is 8.21. The maximum Gasteiger partial charge on any atom is 0.410 e. The van der Waals surface area contributed by atoms with Crippen molar-refractivity contribution in [1.29, 1.82) is 0 Å². The summed E-state index contributed by atoms with van der Waals surface area (Å²) in [6.45, 7) is 6.72. The van der Waals surface area contributed by atoms with E-state index >= 15 is 0 Å². The van der Waals surface area contributed by atoms with Crippen LogP contribution in [0.2, 0.25) is 0 Å². The smallest absolute Gasteiger partial charge is 0.410 e. The van der Waals surface area contributed by atoms with Crippen LogP contribution in [0.5, 0.6) is 0 Å². The van der Waals surface area contributed by atoms with E-state index in [2.05, 4.69) is 26.2 Å². The van der Waals surface area contributed by atoms with Crippen LogP contribution in [0.15, 0.2) is 16.6 Å². The van der Waals surface area contributed by atoms with Gasteiger partial charge in [-0.1, -0.05) is 5.21 Å². The van der Waals surface area contributed by atoms with Crippen molar-refractivity contribution in [3.8, 4) is 0 Å². The summed E-state index contributed by atoms with van der Waals surface area (Å²) >= 11 is 3.20. The molecule has 0 N–H and O–H groups in total. The fourth-order valence-electron chi connectivity index (χ4n) is 2.85. The molecule has 1 aliphatic heterocycles. The van der Waals surface area contributed by atoms with E-state index in [-0.39, 0.29) is 18.0 Å². The molecular weight excluding hydrogens is 379 g/mol. The number of nitrogens with zero attached hydrogens (tertiary/aromatic N) is 4. The molecule has 1 aromatic carbocycles. The fourth-order valence-corrected chi connectivity index (χ4v) is 3.18. The van der Waals surface area contributed by atoms with Crippen molar-refractivity contribution in [3.05, 3.63) is 22.4 Å². The normalized spacial score (nSPS) is 18.9. The molecule has 2 aromatic rings. The van der Waals surface area contributed by atoms with Gasteiger partial charge in [0.1, 0.15) is 16.9 Å². The van der Waals surface area contributed by atoms with Crippen LogP contribution in [0.25, 0.3) is 11.0 Å². The Balaban J connectivity index is 1.82. The SMILES string of the molecule is CC(C)(C)OC(=O)N1CCCC(n2nnc3cc(F)c(Br)cc32)C1. The van der Waals surface area contributed by atoms with E-state index in [0.717, 1.165) is 18.4 Å². The number of fused-ring (bicyclic) bond motifs is 1. The minimum atomic E-state index is -0.521. The third-order valence-corrected chi connectivity index (χ3v) is 4.51. The molecule has 1 aromatic heterocycles. The lowest BCUT2D eigenvalue weighted by atomic mass is 10.1. The van der Waals surface area contributed by atoms with Crippen LogP contribution in [0.4, 0.5) is 9.18 Å². The molecule has 0 aliphatic carbocycles. The van der Waals surface area contributed by atoms with Crippen molar-refractivity contribution in [2.75, 3.05) is 13.1 Å². The van der Waals surface area contributed by atoms with Gasteiger partial charge in [-0.15, -0.1) is 5.10 Å². The van der Waals surface area contributed by atoms with Crippen molar-refractivity contribution < 1.29 is 13.9 Å². The highest BCUT2D eigenvalue weighted by Crippen LogP contribution is 2.28. The number of amides is 1. The van der Waals surface area contributed by atoms with Crippen LogP contribution in [0.3, 0.4) is 0 Å². The molecule has 1 saturated heterocycles. The summed E-state index contributed by atoms with van der Waals surface area (Å²) in [5.74, 6) is -0.367. The quantitative estimate of drug-likeness (QED) is 0.730. The lowest BCUT2D eigenvalue weighted by molar-refractivity contribution is 0.0168. The molecule has 1 aliphatic rings. The van der Waals surface area contributed by atoms with Crippen molar-refractivity contribution in [2.24, 2.45) is 0 Å². The predicted octanol–water partition coefficient (Wildman–Crippen LogP) is 3.90. The van der Waals surface area contributed by atoms with Gasteiger partial charge in [0, 0.05) is 19.2 Å². The number of ether oxygens (including phenoxy) is 1. The second-order valence-electron chi connectivity index (χ2n) is 7.01. The number of halogens is 2. The third kappa shape index (κ3) is 3.53. The summed E-state index contributed by atoms with van der Waals surface area (Å²) in [6.07, 6.45) is 1.42. The summed E-state index contributed by atoms with van der Waals surface area (Å²) in [6, 6.07) is 3.03. The van der Waals surface area contributed by atoms with E-state index in [1.54, 1.807) is 15.6 Å². The molecule has 3 rings (SSSR count). The van der Waals surface area contributed by atoms with Gasteiger partial charge >= 0.3 is 6.09 Å². The first-order valence-corrected chi connectivity index (χ1v) is 8.72. The van der Waals surface area contributed by atoms with E-state index < -0.39 is 5.60 Å². The third-order valence-electron chi connectivity index (χ3n) is 3.91. The number of carbonyl (C=O) groups excluding carboxylic acids is 1. The van der Waals surface area contributed by atoms with Crippen LogP contribution >= 0.6 is 15.9 Å². The molecule has 1 amide bonds. The highest BCUT2D eigenvalue weighted by atomic mass is 79.9. The van der Waals surface area contributed by atoms with Gasteiger partial charge in [0.2, 0.25) is 0 Å². The number of hydrogen-bond donors (Lipinski definition) is 0. The highest BCUT2D eigenvalue weighted by molar-refractivity contribution is 9.10. The van der Waals surface area contributed by atoms with Gasteiger partial charge in [0.15, 0.2) is 0 Å². The van der Waals surface area contributed by atoms with E-state index in [1.807, 2.05) is 20.8 Å². The van der Waals surface area contributed by atoms with E-state index in [0.29, 0.717) is 23.1 Å². The first kappa shape index (κ1) is 17.1. The zero-order chi connectivity index (χ0) is 17.5. The lowest BCUT2D eigenvalue weighted by Crippen LogP contribution is -2.43. The second-order valence-corrected chi connectivity index (χ2v) is 7.87. The number of carbonyl (C=O) groups is 1. The van der Waals surface area contributed by atoms with Crippen LogP contribution in [-0.2, 0) is 4.74 Å². The van der Waals surface area contributed by atoms with Crippen LogP contribution in [0.1, 0.15) is 39.7 Å². The minimum absolute atomic E-state index is 0.00590. The Morgan fingerprint density at radius 3 is 2.88 bits per heavy atom. The molecular formula is C16H20BrFN4O2. The minimum Gasteiger partial charge on any atom is -0.444 e. The zero-order valence-corrected chi connectivity index (χ0v) is 15.5. The highest BCUT2D eigenvalue weighted by Gasteiger charge is 2.29. The van der Waals surface area contributed by atoms with Crippen LogP contribution in [-0.4, -0.2) is 44.7 Å². The van der Waals surface area contributed by atoms with Crippen molar-refractivity contribution in [1.82, 2.24) is 19.9 Å². The topological polar surface area (TPSA) is 60.2 Å². The van der Waals surface area contributed by atoms with Gasteiger partial charge in [0.25, 0.3) is 0 Å². The van der Waals surface area contributed by atoms with Crippen molar-refractivity contribution in [3.63, 3.8) is 0 Å². The second kappa shape index (κ2) is 6.31. The summed E-state index contributed by atoms with van der Waals surface area (Å²) in [4.78, 5) is 14.0. The van der Waals surface area contributed by atoms with Crippen molar-refractivity contribution >= 4 is 33.1 Å². The number of benzene rings is 1. The molecule has 0 radical (unpaired) electrons. The zero-order valence-electron chi connectivity index (χ0n) is 13.9. The Labute approximate surface area is 148 Å². The molecule has 1 fully saturated rings. The number of rotatable bonds is 1. The Kier molecular flexibility index (Phi) is 4.50. The van der Waals surface area contributed by atoms with Crippen molar-refractivity contribution in [2.45, 2.75) is 45.3 Å². The molecule has 0 bridgehead atoms. The molecule has 0 saturated carbocycles. The van der Waals surface area contributed by atoms with Crippen LogP contribution in [0, 0.1) is 5.82 Å². The fraction of sp³-hybridized carbons (Fsp3) is 0.562. The Hall–Kier alpha value is -1.70. The standard InChI is InChI=1S/C16H20BrFN4O2/c1-16(2,3)24-15(23)21-6-4-5-10(9-21)22-14-7-11(17)12(18)8-13(14)19-20-22/h7-8,10H,4-6,9H2,1-3H3. The molecule has 6 nitrogen and oxygen atoms in total. The molecule has 2 heterocycles. The molecule has 8 heteroatoms. The van der Waals surface area contributed by atoms with Gasteiger partial charge in [-0.25, -0.2) is 13.9 Å². The van der Waals surface area contributed by atoms with Crippen LogP contribution < -0.4 is 0 Å². The molecule has 24 heavy (non-hydrogen) atoms. The molecule has 130 valence electrons. The van der Waals surface area contributed by atoms with E-state index in [1.165, 1.54) is 6.07 Å². The van der Waals surface area contributed by atoms with E-state index in [4.69, 9.17) is 4.74 Å². The number of piperidine rings is 1. The summed E-state index contributed by atoms with van der Waals surface area (Å²) in [7, 11) is 0. The Morgan fingerprint density at radius 1 is 1.42 bits per heavy atom. The van der Waals surface area contributed by atoms with Gasteiger partial charge < -0.3 is 9.64 Å². The first-order valence-electron chi connectivity index (χ1n) is 7.92. The van der Waals surface area contributed by atoms with E-state index in [9.17, 15) is 9.18 Å². The molecule has 1 unspecified atom stereocenters. The van der Waals surface area contributed by atoms with Gasteiger partial charge in [-0.3, -0.25) is 0 Å². The van der Waals surface area contributed by atoms with Gasteiger partial charge in [-0.2, -0.15) is 0 Å². The first-order chi connectivity index (χ1) is 11.2. The number of aromatic nitrogens is 3. The largest absolute Gasteiger partial charge is 0.444 e. The average Bonchev–Trinajstić information content (AvgIpc) is 2.89. The lowest BCUT2D eigenvalue weighted by Gasteiger charge is -2.34. The monoisotopic (exact) mass is 398 g/mol. The Bertz CT molecular complexity index is 771. The number of hydrogen-bond acceptors (Lipinski definition) is 4. The molecule has 0 spiro atoms.